The van der Waals surface area contributed by atoms with E-state index in [1.807, 2.05) is 13.8 Å². The third-order valence-electron chi connectivity index (χ3n) is 2.81. The topological polar surface area (TPSA) is 37.3 Å². The lowest BCUT2D eigenvalue weighted by atomic mass is 9.99. The van der Waals surface area contributed by atoms with Gasteiger partial charge in [-0.3, -0.25) is 4.79 Å². The summed E-state index contributed by atoms with van der Waals surface area (Å²) in [5.41, 5.74) is 0. The highest BCUT2D eigenvalue weighted by Crippen LogP contribution is 2.33. The molecule has 1 N–H and O–H groups in total. The van der Waals surface area contributed by atoms with Gasteiger partial charge in [-0.15, -0.1) is 11.8 Å². The van der Waals surface area contributed by atoms with E-state index in [0.29, 0.717) is 4.90 Å². The first-order valence-corrected chi connectivity index (χ1v) is 6.62. The van der Waals surface area contributed by atoms with Crippen molar-refractivity contribution in [3.05, 3.63) is 30.1 Å². The highest BCUT2D eigenvalue weighted by atomic mass is 32.2. The van der Waals surface area contributed by atoms with Gasteiger partial charge in [-0.25, -0.2) is 4.39 Å². The van der Waals surface area contributed by atoms with Crippen LogP contribution in [0, 0.1) is 11.7 Å². The van der Waals surface area contributed by atoms with E-state index >= 15 is 0 Å². The summed E-state index contributed by atoms with van der Waals surface area (Å²) in [5, 5.41) is 8.63. The molecule has 0 saturated carbocycles. The van der Waals surface area contributed by atoms with E-state index < -0.39 is 11.2 Å². The third-order valence-corrected chi connectivity index (χ3v) is 4.24. The number of thioether (sulfide) groups is 1. The predicted octanol–water partition coefficient (Wildman–Crippen LogP) is 3.81. The van der Waals surface area contributed by atoms with Crippen molar-refractivity contribution in [1.29, 1.82) is 0 Å². The molecule has 0 fully saturated rings. The van der Waals surface area contributed by atoms with E-state index in [9.17, 15) is 14.3 Å². The van der Waals surface area contributed by atoms with Gasteiger partial charge in [0.2, 0.25) is 0 Å². The zero-order valence-electron chi connectivity index (χ0n) is 10.0. The summed E-state index contributed by atoms with van der Waals surface area (Å²) in [5.74, 6) is -1.15. The van der Waals surface area contributed by atoms with Crippen molar-refractivity contribution in [1.82, 2.24) is 0 Å². The van der Waals surface area contributed by atoms with Crippen LogP contribution in [0.1, 0.15) is 26.7 Å². The van der Waals surface area contributed by atoms with E-state index in [2.05, 4.69) is 0 Å². The van der Waals surface area contributed by atoms with Crippen molar-refractivity contribution < 1.29 is 14.3 Å². The molecule has 1 atom stereocenters. The number of carbonyl (C=O) groups is 1. The molecule has 0 saturated heterocycles. The minimum Gasteiger partial charge on any atom is -0.480 e. The van der Waals surface area contributed by atoms with E-state index in [1.165, 1.54) is 6.07 Å². The van der Waals surface area contributed by atoms with Crippen molar-refractivity contribution in [2.24, 2.45) is 5.92 Å². The summed E-state index contributed by atoms with van der Waals surface area (Å²) in [6.45, 7) is 3.93. The Morgan fingerprint density at radius 3 is 2.41 bits per heavy atom. The average molecular weight is 256 g/mol. The second kappa shape index (κ2) is 6.64. The van der Waals surface area contributed by atoms with Gasteiger partial charge in [0.25, 0.3) is 0 Å². The molecule has 0 spiro atoms. The van der Waals surface area contributed by atoms with Crippen LogP contribution in [0.15, 0.2) is 29.2 Å². The van der Waals surface area contributed by atoms with Crippen molar-refractivity contribution in [2.45, 2.75) is 36.8 Å². The molecule has 1 aromatic carbocycles. The second-order valence-corrected chi connectivity index (χ2v) is 5.07. The number of rotatable bonds is 6. The van der Waals surface area contributed by atoms with Crippen LogP contribution in [0.25, 0.3) is 0 Å². The number of hydrogen-bond acceptors (Lipinski definition) is 2. The predicted molar refractivity (Wildman–Crippen MR) is 67.8 cm³/mol. The lowest BCUT2D eigenvalue weighted by Crippen LogP contribution is -2.25. The summed E-state index contributed by atoms with van der Waals surface area (Å²) < 4.78 is 13.5. The summed E-state index contributed by atoms with van der Waals surface area (Å²) in [6.07, 6.45) is 1.57. The molecule has 0 aliphatic carbocycles. The summed E-state index contributed by atoms with van der Waals surface area (Å²) in [6, 6.07) is 6.30. The maximum Gasteiger partial charge on any atom is 0.317 e. The largest absolute Gasteiger partial charge is 0.480 e. The fraction of sp³-hybridized carbons (Fsp3) is 0.462. The number of benzene rings is 1. The molecule has 4 heteroatoms. The fourth-order valence-corrected chi connectivity index (χ4v) is 3.03. The van der Waals surface area contributed by atoms with Crippen molar-refractivity contribution in [3.63, 3.8) is 0 Å². The normalized spacial score (nSPS) is 12.7. The summed E-state index contributed by atoms with van der Waals surface area (Å²) >= 11 is 1.11. The van der Waals surface area contributed by atoms with Crippen molar-refractivity contribution in [3.8, 4) is 0 Å². The third kappa shape index (κ3) is 3.73. The molecular formula is C13H17FO2S. The Morgan fingerprint density at radius 2 is 1.94 bits per heavy atom. The Bertz CT molecular complexity index is 377. The van der Waals surface area contributed by atoms with E-state index in [4.69, 9.17) is 0 Å². The van der Waals surface area contributed by atoms with Crippen LogP contribution in [0.3, 0.4) is 0 Å². The molecule has 0 heterocycles. The molecule has 1 unspecified atom stereocenters. The van der Waals surface area contributed by atoms with Gasteiger partial charge in [0, 0.05) is 4.90 Å². The minimum atomic E-state index is -0.869. The lowest BCUT2D eigenvalue weighted by molar-refractivity contribution is -0.137. The summed E-state index contributed by atoms with van der Waals surface area (Å²) in [7, 11) is 0. The highest BCUT2D eigenvalue weighted by molar-refractivity contribution is 8.00. The summed E-state index contributed by atoms with van der Waals surface area (Å²) in [4.78, 5) is 11.6. The number of carboxylic acids is 1. The molecule has 0 aromatic heterocycles. The van der Waals surface area contributed by atoms with Gasteiger partial charge in [-0.2, -0.15) is 0 Å². The Hall–Kier alpha value is -1.03. The smallest absolute Gasteiger partial charge is 0.317 e. The molecule has 1 aromatic rings. The molecule has 1 rings (SSSR count). The SMILES string of the molecule is CCC(CC)C(Sc1ccccc1F)C(=O)O. The molecule has 17 heavy (non-hydrogen) atoms. The lowest BCUT2D eigenvalue weighted by Gasteiger charge is -2.20. The molecule has 0 radical (unpaired) electrons. The first-order chi connectivity index (χ1) is 8.10. The van der Waals surface area contributed by atoms with Crippen LogP contribution in [-0.4, -0.2) is 16.3 Å². The van der Waals surface area contributed by atoms with Gasteiger partial charge in [0.15, 0.2) is 0 Å². The molecule has 0 aliphatic heterocycles. The standard InChI is InChI=1S/C13H17FO2S/c1-3-9(4-2)12(13(15)16)17-11-8-6-5-7-10(11)14/h5-9,12H,3-4H2,1-2H3,(H,15,16). The zero-order valence-corrected chi connectivity index (χ0v) is 10.8. The minimum absolute atomic E-state index is 0.0668. The molecule has 2 nitrogen and oxygen atoms in total. The second-order valence-electron chi connectivity index (χ2n) is 3.88. The number of hydrogen-bond donors (Lipinski definition) is 1. The van der Waals surface area contributed by atoms with Crippen molar-refractivity contribution >= 4 is 17.7 Å². The first-order valence-electron chi connectivity index (χ1n) is 5.74. The average Bonchev–Trinajstić information content (AvgIpc) is 2.31. The fourth-order valence-electron chi connectivity index (χ4n) is 1.74. The van der Waals surface area contributed by atoms with Gasteiger partial charge < -0.3 is 5.11 Å². The van der Waals surface area contributed by atoms with E-state index in [0.717, 1.165) is 24.6 Å². The van der Waals surface area contributed by atoms with Crippen LogP contribution < -0.4 is 0 Å². The first kappa shape index (κ1) is 14.0. The molecule has 94 valence electrons. The van der Waals surface area contributed by atoms with Crippen LogP contribution in [-0.2, 0) is 4.79 Å². The van der Waals surface area contributed by atoms with E-state index in [1.54, 1.807) is 18.2 Å². The number of halogens is 1. The Labute approximate surface area is 105 Å². The van der Waals surface area contributed by atoms with Crippen LogP contribution in [0.4, 0.5) is 4.39 Å². The highest BCUT2D eigenvalue weighted by Gasteiger charge is 2.27. The van der Waals surface area contributed by atoms with Gasteiger partial charge in [0.05, 0.1) is 0 Å². The number of carboxylic acid groups (broad SMARTS) is 1. The zero-order chi connectivity index (χ0) is 12.8. The Balaban J connectivity index is 2.87. The van der Waals surface area contributed by atoms with Gasteiger partial charge in [-0.1, -0.05) is 38.8 Å². The van der Waals surface area contributed by atoms with Gasteiger partial charge >= 0.3 is 5.97 Å². The quantitative estimate of drug-likeness (QED) is 0.786. The van der Waals surface area contributed by atoms with Gasteiger partial charge in [0.1, 0.15) is 11.1 Å². The Kier molecular flexibility index (Phi) is 5.48. The van der Waals surface area contributed by atoms with Crippen molar-refractivity contribution in [2.75, 3.05) is 0 Å². The molecule has 0 bridgehead atoms. The number of aliphatic carboxylic acids is 1. The molecule has 0 amide bonds. The molecule has 0 aliphatic rings. The van der Waals surface area contributed by atoms with Crippen LogP contribution >= 0.6 is 11.8 Å². The maximum absolute atomic E-state index is 13.5. The van der Waals surface area contributed by atoms with E-state index in [-0.39, 0.29) is 11.7 Å². The van der Waals surface area contributed by atoms with Gasteiger partial charge in [-0.05, 0) is 18.1 Å². The monoisotopic (exact) mass is 256 g/mol. The maximum atomic E-state index is 13.5. The van der Waals surface area contributed by atoms with Crippen LogP contribution in [0.5, 0.6) is 0 Å². The Morgan fingerprint density at radius 1 is 1.35 bits per heavy atom. The molecular weight excluding hydrogens is 239 g/mol. The van der Waals surface area contributed by atoms with Crippen LogP contribution in [0.2, 0.25) is 0 Å².